The van der Waals surface area contributed by atoms with Crippen LogP contribution in [0.3, 0.4) is 0 Å². The molecule has 154 valence electrons. The van der Waals surface area contributed by atoms with E-state index in [4.69, 9.17) is 4.74 Å². The summed E-state index contributed by atoms with van der Waals surface area (Å²) in [4.78, 5) is 29.4. The number of ketones is 1. The first-order valence-corrected chi connectivity index (χ1v) is 9.63. The van der Waals surface area contributed by atoms with Gasteiger partial charge in [-0.1, -0.05) is 32.9 Å². The molecule has 1 atom stereocenters. The van der Waals surface area contributed by atoms with Crippen LogP contribution < -0.4 is 4.74 Å². The van der Waals surface area contributed by atoms with Gasteiger partial charge in [-0.3, -0.25) is 9.59 Å². The number of hydrogen-bond donors (Lipinski definition) is 1. The molecule has 0 spiro atoms. The standard InChI is InChI=1S/C22H32N2O4/c1-14(2)28-16-10-8-15(9-11-16)18-17(20(26)22(3,4)5)19(25)21(27)24(18)13-12-23(6)7/h8-11,14,18,25H,12-13H2,1-7H3. The van der Waals surface area contributed by atoms with E-state index in [0.717, 1.165) is 11.3 Å². The minimum Gasteiger partial charge on any atom is -0.503 e. The van der Waals surface area contributed by atoms with Crippen molar-refractivity contribution in [1.29, 1.82) is 0 Å². The van der Waals surface area contributed by atoms with Gasteiger partial charge in [-0.2, -0.15) is 0 Å². The number of likely N-dealkylation sites (N-methyl/N-ethyl adjacent to an activating group) is 1. The number of Topliss-reactive ketones (excluding diaryl/α,β-unsaturated/α-hetero) is 1. The average molecular weight is 389 g/mol. The van der Waals surface area contributed by atoms with Crippen LogP contribution in [-0.2, 0) is 9.59 Å². The Bertz CT molecular complexity index is 758. The zero-order chi connectivity index (χ0) is 21.2. The Hall–Kier alpha value is -2.34. The van der Waals surface area contributed by atoms with E-state index in [-0.39, 0.29) is 17.5 Å². The molecule has 6 heteroatoms. The summed E-state index contributed by atoms with van der Waals surface area (Å²) in [7, 11) is 3.84. The number of nitrogens with zero attached hydrogens (tertiary/aromatic N) is 2. The molecule has 2 rings (SSSR count). The fourth-order valence-corrected chi connectivity index (χ4v) is 3.18. The summed E-state index contributed by atoms with van der Waals surface area (Å²) in [6, 6.07) is 6.77. The highest BCUT2D eigenvalue weighted by atomic mass is 16.5. The van der Waals surface area contributed by atoms with E-state index in [1.807, 2.05) is 57.1 Å². The first-order valence-electron chi connectivity index (χ1n) is 9.63. The fraction of sp³-hybridized carbons (Fsp3) is 0.545. The van der Waals surface area contributed by atoms with Crippen LogP contribution in [0.4, 0.5) is 0 Å². The molecule has 1 aliphatic heterocycles. The molecule has 1 heterocycles. The van der Waals surface area contributed by atoms with Gasteiger partial charge in [-0.25, -0.2) is 0 Å². The summed E-state index contributed by atoms with van der Waals surface area (Å²) in [5.74, 6) is -0.439. The molecule has 28 heavy (non-hydrogen) atoms. The zero-order valence-corrected chi connectivity index (χ0v) is 17.9. The molecule has 0 bridgehead atoms. The van der Waals surface area contributed by atoms with Crippen molar-refractivity contribution in [3.8, 4) is 5.75 Å². The monoisotopic (exact) mass is 388 g/mol. The molecule has 0 fully saturated rings. The number of rotatable bonds is 7. The molecular formula is C22H32N2O4. The Morgan fingerprint density at radius 2 is 1.79 bits per heavy atom. The van der Waals surface area contributed by atoms with Crippen molar-refractivity contribution >= 4 is 11.7 Å². The molecule has 1 aromatic rings. The van der Waals surface area contributed by atoms with Crippen molar-refractivity contribution in [2.75, 3.05) is 27.2 Å². The van der Waals surface area contributed by atoms with E-state index in [1.165, 1.54) is 0 Å². The highest BCUT2D eigenvalue weighted by Gasteiger charge is 2.45. The Balaban J connectivity index is 2.47. The van der Waals surface area contributed by atoms with Crippen molar-refractivity contribution in [1.82, 2.24) is 9.80 Å². The molecule has 1 aliphatic rings. The maximum absolute atomic E-state index is 13.1. The van der Waals surface area contributed by atoms with Crippen LogP contribution in [0.1, 0.15) is 46.2 Å². The van der Waals surface area contributed by atoms with Crippen molar-refractivity contribution < 1.29 is 19.4 Å². The molecule has 1 amide bonds. The largest absolute Gasteiger partial charge is 0.503 e. The van der Waals surface area contributed by atoms with Crippen molar-refractivity contribution in [2.24, 2.45) is 5.41 Å². The summed E-state index contributed by atoms with van der Waals surface area (Å²) in [6.07, 6.45) is 0.0532. The molecule has 1 N–H and O–H groups in total. The maximum Gasteiger partial charge on any atom is 0.290 e. The lowest BCUT2D eigenvalue weighted by Crippen LogP contribution is -2.37. The minimum absolute atomic E-state index is 0.0532. The highest BCUT2D eigenvalue weighted by molar-refractivity contribution is 6.10. The van der Waals surface area contributed by atoms with Gasteiger partial charge in [0.1, 0.15) is 5.75 Å². The van der Waals surface area contributed by atoms with E-state index in [2.05, 4.69) is 0 Å². The Morgan fingerprint density at radius 3 is 2.25 bits per heavy atom. The number of carbonyl (C=O) groups excluding carboxylic acids is 2. The van der Waals surface area contributed by atoms with Crippen LogP contribution in [-0.4, -0.2) is 59.9 Å². The molecule has 1 unspecified atom stereocenters. The fourth-order valence-electron chi connectivity index (χ4n) is 3.18. The SMILES string of the molecule is CC(C)Oc1ccc(C2C(C(=O)C(C)(C)C)=C(O)C(=O)N2CCN(C)C)cc1. The van der Waals surface area contributed by atoms with E-state index < -0.39 is 23.1 Å². The van der Waals surface area contributed by atoms with E-state index in [1.54, 1.807) is 25.7 Å². The second kappa shape index (κ2) is 8.35. The van der Waals surface area contributed by atoms with Gasteiger partial charge in [-0.05, 0) is 45.6 Å². The van der Waals surface area contributed by atoms with Gasteiger partial charge in [0.15, 0.2) is 11.5 Å². The zero-order valence-electron chi connectivity index (χ0n) is 17.9. The lowest BCUT2D eigenvalue weighted by Gasteiger charge is -2.29. The van der Waals surface area contributed by atoms with Gasteiger partial charge in [0, 0.05) is 18.5 Å². The second-order valence-corrected chi connectivity index (χ2v) is 8.78. The van der Waals surface area contributed by atoms with E-state index in [0.29, 0.717) is 13.1 Å². The number of aliphatic hydroxyl groups excluding tert-OH is 1. The highest BCUT2D eigenvalue weighted by Crippen LogP contribution is 2.41. The van der Waals surface area contributed by atoms with Gasteiger partial charge in [0.25, 0.3) is 5.91 Å². The van der Waals surface area contributed by atoms with Crippen LogP contribution in [0, 0.1) is 5.41 Å². The summed E-state index contributed by atoms with van der Waals surface area (Å²) < 4.78 is 5.69. The Morgan fingerprint density at radius 1 is 1.21 bits per heavy atom. The smallest absolute Gasteiger partial charge is 0.290 e. The van der Waals surface area contributed by atoms with Crippen LogP contribution in [0.5, 0.6) is 5.75 Å². The molecule has 0 saturated carbocycles. The molecule has 0 aromatic heterocycles. The van der Waals surface area contributed by atoms with E-state index in [9.17, 15) is 14.7 Å². The number of ether oxygens (including phenoxy) is 1. The van der Waals surface area contributed by atoms with Crippen LogP contribution in [0.25, 0.3) is 0 Å². The van der Waals surface area contributed by atoms with Gasteiger partial charge in [0.05, 0.1) is 17.7 Å². The van der Waals surface area contributed by atoms with Crippen molar-refractivity contribution in [2.45, 2.75) is 46.8 Å². The van der Waals surface area contributed by atoms with Crippen LogP contribution >= 0.6 is 0 Å². The summed E-state index contributed by atoms with van der Waals surface area (Å²) >= 11 is 0. The normalized spacial score (nSPS) is 17.8. The Labute approximate surface area is 167 Å². The number of aliphatic hydroxyl groups is 1. The lowest BCUT2D eigenvalue weighted by molar-refractivity contribution is -0.129. The maximum atomic E-state index is 13.1. The summed E-state index contributed by atoms with van der Waals surface area (Å²) in [5.41, 5.74) is 0.244. The van der Waals surface area contributed by atoms with Gasteiger partial charge >= 0.3 is 0 Å². The Kier molecular flexibility index (Phi) is 6.55. The first kappa shape index (κ1) is 22.0. The molecule has 0 saturated heterocycles. The van der Waals surface area contributed by atoms with Gasteiger partial charge in [-0.15, -0.1) is 0 Å². The quantitative estimate of drug-likeness (QED) is 0.776. The minimum atomic E-state index is -0.708. The lowest BCUT2D eigenvalue weighted by atomic mass is 9.82. The molecule has 0 radical (unpaired) electrons. The molecular weight excluding hydrogens is 356 g/mol. The third-order valence-electron chi connectivity index (χ3n) is 4.59. The topological polar surface area (TPSA) is 70.1 Å². The predicted molar refractivity (Wildman–Crippen MR) is 109 cm³/mol. The summed E-state index contributed by atoms with van der Waals surface area (Å²) in [5, 5.41) is 10.6. The molecule has 6 nitrogen and oxygen atoms in total. The molecule has 0 aliphatic carbocycles. The van der Waals surface area contributed by atoms with Crippen molar-refractivity contribution in [3.05, 3.63) is 41.2 Å². The van der Waals surface area contributed by atoms with E-state index >= 15 is 0 Å². The van der Waals surface area contributed by atoms with Gasteiger partial charge in [0.2, 0.25) is 0 Å². The number of carbonyl (C=O) groups is 2. The summed E-state index contributed by atoms with van der Waals surface area (Å²) in [6.45, 7) is 10.3. The van der Waals surface area contributed by atoms with Gasteiger partial charge < -0.3 is 19.6 Å². The molecule has 1 aromatic carbocycles. The van der Waals surface area contributed by atoms with Crippen molar-refractivity contribution in [3.63, 3.8) is 0 Å². The third kappa shape index (κ3) is 4.73. The first-order chi connectivity index (χ1) is 12.9. The number of hydrogen-bond acceptors (Lipinski definition) is 5. The predicted octanol–water partition coefficient (Wildman–Crippen LogP) is 3.35. The second-order valence-electron chi connectivity index (χ2n) is 8.78. The number of amides is 1. The third-order valence-corrected chi connectivity index (χ3v) is 4.59. The number of benzene rings is 1. The van der Waals surface area contributed by atoms with Crippen LogP contribution in [0.2, 0.25) is 0 Å². The van der Waals surface area contributed by atoms with Crippen LogP contribution in [0.15, 0.2) is 35.6 Å². The average Bonchev–Trinajstić information content (AvgIpc) is 2.83.